The van der Waals surface area contributed by atoms with Gasteiger partial charge in [-0.15, -0.1) is 0 Å². The van der Waals surface area contributed by atoms with Crippen LogP contribution in [0, 0.1) is 0 Å². The molecule has 183 valence electrons. The molecule has 0 spiro atoms. The quantitative estimate of drug-likeness (QED) is 0.581. The second kappa shape index (κ2) is 11.3. The van der Waals surface area contributed by atoms with Crippen LogP contribution in [0.2, 0.25) is 0 Å². The Morgan fingerprint density at radius 1 is 1.26 bits per heavy atom. The molecule has 2 amide bonds. The Morgan fingerprint density at radius 3 is 2.53 bits per heavy atom. The van der Waals surface area contributed by atoms with Crippen LogP contribution in [0.25, 0.3) is 0 Å². The van der Waals surface area contributed by atoms with Gasteiger partial charge in [-0.1, -0.05) is 6.92 Å². The molecule has 3 rings (SSSR count). The van der Waals surface area contributed by atoms with Crippen LogP contribution < -0.4 is 14.3 Å². The normalized spacial score (nSPS) is 17.1. The summed E-state index contributed by atoms with van der Waals surface area (Å²) in [6.45, 7) is 2.95. The molecule has 14 heteroatoms. The number of likely N-dealkylation sites (tertiary alicyclic amines) is 1. The van der Waals surface area contributed by atoms with Crippen LogP contribution in [0.4, 0.5) is 29.3 Å². The van der Waals surface area contributed by atoms with E-state index in [1.54, 1.807) is 14.0 Å². The molecule has 0 bridgehead atoms. The molecule has 9 nitrogen and oxygen atoms in total. The summed E-state index contributed by atoms with van der Waals surface area (Å²) >= 11 is 0. The van der Waals surface area contributed by atoms with Crippen molar-refractivity contribution in [3.8, 4) is 0 Å². The van der Waals surface area contributed by atoms with Gasteiger partial charge in [0.15, 0.2) is 0 Å². The third-order valence-corrected chi connectivity index (χ3v) is 6.81. The van der Waals surface area contributed by atoms with E-state index >= 15 is 0 Å². The smallest absolute Gasteiger partial charge is 0.307 e. The van der Waals surface area contributed by atoms with E-state index in [9.17, 15) is 26.4 Å². The monoisotopic (exact) mass is 511 g/mol. The molecule has 1 aliphatic heterocycles. The summed E-state index contributed by atoms with van der Waals surface area (Å²) in [7, 11) is -0.876. The number of nitrogens with one attached hydrogen (secondary N) is 2. The molecule has 1 radical (unpaired) electrons. The molecule has 2 heterocycles. The van der Waals surface area contributed by atoms with Crippen molar-refractivity contribution in [3.05, 3.63) is 41.7 Å². The number of likely N-dealkylation sites (N-methyl/N-ethyl adjacent to an activating group) is 1. The van der Waals surface area contributed by atoms with Gasteiger partial charge in [-0.2, -0.15) is 26.7 Å². The van der Waals surface area contributed by atoms with Gasteiger partial charge in [-0.3, -0.25) is 4.68 Å². The molecule has 2 aromatic rings. The van der Waals surface area contributed by atoms with Gasteiger partial charge in [0.1, 0.15) is 0 Å². The summed E-state index contributed by atoms with van der Waals surface area (Å²) in [5, 5.41) is 6.25. The van der Waals surface area contributed by atoms with Crippen LogP contribution >= 0.6 is 0 Å². The Kier molecular flexibility index (Phi) is 9.44. The number of aryl methyl sites for hydroxylation is 2. The number of aromatic nitrogens is 2. The van der Waals surface area contributed by atoms with E-state index in [2.05, 4.69) is 10.4 Å². The Bertz CT molecular complexity index is 1110. The first-order valence-electron chi connectivity index (χ1n) is 10.4. The fourth-order valence-electron chi connectivity index (χ4n) is 3.85. The summed E-state index contributed by atoms with van der Waals surface area (Å²) in [4.78, 5) is 14.5. The van der Waals surface area contributed by atoms with Gasteiger partial charge in [-0.05, 0) is 56.6 Å². The number of nitrogens with zero attached hydrogens (tertiary/aromatic N) is 4. The molecule has 1 aromatic heterocycles. The van der Waals surface area contributed by atoms with Crippen molar-refractivity contribution >= 4 is 57.2 Å². The molecule has 0 aliphatic carbocycles. The van der Waals surface area contributed by atoms with E-state index in [4.69, 9.17) is 0 Å². The molecular formula is C20H27F3N6NaO3S. The van der Waals surface area contributed by atoms with E-state index in [-0.39, 0.29) is 40.9 Å². The van der Waals surface area contributed by atoms with Crippen molar-refractivity contribution in [1.29, 1.82) is 0 Å². The fourth-order valence-corrected chi connectivity index (χ4v) is 5.17. The zero-order chi connectivity index (χ0) is 24.4. The van der Waals surface area contributed by atoms with Crippen LogP contribution in [-0.4, -0.2) is 84.9 Å². The van der Waals surface area contributed by atoms with E-state index in [1.807, 2.05) is 16.7 Å². The Hall–Kier alpha value is -1.80. The van der Waals surface area contributed by atoms with Gasteiger partial charge < -0.3 is 10.2 Å². The second-order valence-corrected chi connectivity index (χ2v) is 9.61. The number of hydrogen-bond acceptors (Lipinski definition) is 5. The molecule has 1 unspecified atom stereocenters. The van der Waals surface area contributed by atoms with Crippen LogP contribution in [0.15, 0.2) is 30.6 Å². The Balaban J connectivity index is 0.00000408. The van der Waals surface area contributed by atoms with Crippen molar-refractivity contribution in [2.75, 3.05) is 29.8 Å². The minimum absolute atomic E-state index is 0. The zero-order valence-corrected chi connectivity index (χ0v) is 22.4. The number of hydrogen-bond donors (Lipinski definition) is 2. The maximum Gasteiger partial charge on any atom is 0.416 e. The molecule has 2 N–H and O–H groups in total. The maximum absolute atomic E-state index is 13.2. The third-order valence-electron chi connectivity index (χ3n) is 5.34. The van der Waals surface area contributed by atoms with Crippen molar-refractivity contribution < 1.29 is 26.4 Å². The summed E-state index contributed by atoms with van der Waals surface area (Å²) in [5.41, 5.74) is -0.447. The van der Waals surface area contributed by atoms with Gasteiger partial charge in [0.25, 0.3) is 0 Å². The maximum atomic E-state index is 13.2. The van der Waals surface area contributed by atoms with Gasteiger partial charge >= 0.3 is 22.4 Å². The first kappa shape index (κ1) is 28.4. The average molecular weight is 512 g/mol. The predicted octanol–water partition coefficient (Wildman–Crippen LogP) is 2.59. The van der Waals surface area contributed by atoms with Crippen LogP contribution in [0.1, 0.15) is 30.9 Å². The number of urea groups is 1. The van der Waals surface area contributed by atoms with Crippen molar-refractivity contribution in [3.63, 3.8) is 0 Å². The molecular weight excluding hydrogens is 484 g/mol. The molecule has 1 fully saturated rings. The fraction of sp³-hybridized carbons (Fsp3) is 0.500. The van der Waals surface area contributed by atoms with Gasteiger partial charge in [0.2, 0.25) is 0 Å². The van der Waals surface area contributed by atoms with E-state index in [1.165, 1.54) is 23.1 Å². The topological polar surface area (TPSA) is 99.6 Å². The zero-order valence-electron chi connectivity index (χ0n) is 19.6. The van der Waals surface area contributed by atoms with Crippen molar-refractivity contribution in [1.82, 2.24) is 19.4 Å². The minimum atomic E-state index is -4.60. The molecule has 1 saturated heterocycles. The van der Waals surface area contributed by atoms with Crippen molar-refractivity contribution in [2.45, 2.75) is 38.4 Å². The number of halogens is 3. The molecule has 1 aromatic carbocycles. The Morgan fingerprint density at radius 2 is 1.97 bits per heavy atom. The number of carbonyl (C=O) groups excluding carboxylic acids is 1. The predicted molar refractivity (Wildman–Crippen MR) is 124 cm³/mol. The summed E-state index contributed by atoms with van der Waals surface area (Å²) in [6.07, 6.45) is -0.0478. The Labute approximate surface area is 219 Å². The first-order chi connectivity index (χ1) is 15.4. The number of amides is 2. The van der Waals surface area contributed by atoms with Crippen LogP contribution in [-0.2, 0) is 29.9 Å². The molecule has 1 atom stereocenters. The van der Waals surface area contributed by atoms with Gasteiger partial charge in [0.05, 0.1) is 23.5 Å². The summed E-state index contributed by atoms with van der Waals surface area (Å²) in [6, 6.07) is 1.52. The number of anilines is 2. The largest absolute Gasteiger partial charge is 0.416 e. The average Bonchev–Trinajstić information content (AvgIpc) is 3.11. The van der Waals surface area contributed by atoms with Crippen molar-refractivity contribution in [2.24, 2.45) is 7.05 Å². The second-order valence-electron chi connectivity index (χ2n) is 8.06. The molecule has 0 saturated carbocycles. The minimum Gasteiger partial charge on any atom is -0.307 e. The number of benzene rings is 1. The molecule has 34 heavy (non-hydrogen) atoms. The summed E-state index contributed by atoms with van der Waals surface area (Å²) in [5.74, 6) is 0. The number of rotatable bonds is 6. The van der Waals surface area contributed by atoms with E-state index < -0.39 is 34.0 Å². The van der Waals surface area contributed by atoms with Crippen LogP contribution in [0.3, 0.4) is 0 Å². The summed E-state index contributed by atoms with van der Waals surface area (Å²) < 4.78 is 70.5. The van der Waals surface area contributed by atoms with Crippen LogP contribution in [0.5, 0.6) is 0 Å². The van der Waals surface area contributed by atoms with Gasteiger partial charge in [-0.25, -0.2) is 13.8 Å². The van der Waals surface area contributed by atoms with Gasteiger partial charge in [0, 0.05) is 55.0 Å². The SMILES string of the molecule is CCc1cc(NC(=O)NS(=O)(=O)N(c2cnn(C)c2)C2CCCN(C)C2)cc(C(F)(F)F)c1.[Na]. The molecule has 1 aliphatic rings. The number of alkyl halides is 3. The van der Waals surface area contributed by atoms with E-state index in [0.29, 0.717) is 24.9 Å². The van der Waals surface area contributed by atoms with E-state index in [0.717, 1.165) is 29.4 Å². The first-order valence-corrected chi connectivity index (χ1v) is 11.8. The third kappa shape index (κ3) is 7.11. The standard InChI is InChI=1S/C20H27F3N6O3S.Na/c1-4-14-8-15(20(21,22)23)10-16(9-14)25-19(30)26-33(31,32)29(18-11-24-28(3)13-18)17-6-5-7-27(2)12-17;/h8-11,13,17H,4-7,12H2,1-3H3,(H2,25,26,30);. The number of carbonyl (C=O) groups is 1. The number of piperidine rings is 1.